The molecule has 0 bridgehead atoms. The van der Waals surface area contributed by atoms with Crippen molar-refractivity contribution in [1.82, 2.24) is 0 Å². The van der Waals surface area contributed by atoms with Crippen LogP contribution >= 0.6 is 35.0 Å². The third kappa shape index (κ3) is 3.08. The highest BCUT2D eigenvalue weighted by Crippen LogP contribution is 2.52. The molecule has 0 N–H and O–H groups in total. The zero-order valence-electron chi connectivity index (χ0n) is 13.7. The number of carbonyl (C=O) groups excluding carboxylic acids is 1. The number of hydrogen-bond acceptors (Lipinski definition) is 3. The molecule has 24 heavy (non-hydrogen) atoms. The van der Waals surface area contributed by atoms with E-state index < -0.39 is 0 Å². The fourth-order valence-electron chi connectivity index (χ4n) is 2.93. The minimum Gasteiger partial charge on any atom is -0.335 e. The Morgan fingerprint density at radius 1 is 1.25 bits per heavy atom. The van der Waals surface area contributed by atoms with Crippen LogP contribution in [0.25, 0.3) is 11.1 Å². The van der Waals surface area contributed by atoms with Gasteiger partial charge in [0.25, 0.3) is 0 Å². The van der Waals surface area contributed by atoms with Crippen LogP contribution < -0.4 is 4.90 Å². The normalized spacial score (nSPS) is 15.0. The van der Waals surface area contributed by atoms with E-state index in [1.807, 2.05) is 12.1 Å². The third-order valence-electron chi connectivity index (χ3n) is 3.94. The maximum atomic E-state index is 11.6. The van der Waals surface area contributed by atoms with E-state index in [4.69, 9.17) is 23.2 Å². The molecule has 0 fully saturated rings. The molecule has 1 heterocycles. The first-order valence-electron chi connectivity index (χ1n) is 7.69. The Balaban J connectivity index is 2.25. The quantitative estimate of drug-likeness (QED) is 0.582. The van der Waals surface area contributed by atoms with Gasteiger partial charge < -0.3 is 4.90 Å². The molecular formula is C19H17Cl2NOS. The number of benzene rings is 2. The Labute approximate surface area is 156 Å². The first-order chi connectivity index (χ1) is 11.4. The van der Waals surface area contributed by atoms with Gasteiger partial charge in [0.1, 0.15) is 0 Å². The van der Waals surface area contributed by atoms with Gasteiger partial charge in [-0.05, 0) is 44.5 Å². The number of hydrogen-bond donors (Lipinski definition) is 0. The average molecular weight is 378 g/mol. The molecule has 1 aliphatic heterocycles. The van der Waals surface area contributed by atoms with Crippen LogP contribution in [0.2, 0.25) is 10.0 Å². The second-order valence-electron chi connectivity index (χ2n) is 5.67. The number of allylic oxidation sites excluding steroid dienone is 1. The van der Waals surface area contributed by atoms with Gasteiger partial charge in [-0.1, -0.05) is 47.1 Å². The van der Waals surface area contributed by atoms with Crippen molar-refractivity contribution in [1.29, 1.82) is 0 Å². The molecule has 0 saturated heterocycles. The molecule has 2 aromatic rings. The maximum absolute atomic E-state index is 11.6. The Bertz CT molecular complexity index is 861. The molecule has 0 aromatic heterocycles. The first-order valence-corrected chi connectivity index (χ1v) is 9.26. The van der Waals surface area contributed by atoms with Gasteiger partial charge in [0.05, 0.1) is 10.7 Å². The van der Waals surface area contributed by atoms with Crippen molar-refractivity contribution in [2.24, 2.45) is 0 Å². The maximum Gasteiger partial charge on any atom is 0.155 e. The van der Waals surface area contributed by atoms with E-state index in [1.165, 1.54) is 0 Å². The lowest BCUT2D eigenvalue weighted by Gasteiger charge is -2.23. The molecule has 124 valence electrons. The highest BCUT2D eigenvalue weighted by Gasteiger charge is 2.29. The number of ketones is 1. The van der Waals surface area contributed by atoms with E-state index in [9.17, 15) is 4.79 Å². The van der Waals surface area contributed by atoms with E-state index in [0.717, 1.165) is 38.8 Å². The largest absolute Gasteiger partial charge is 0.335 e. The molecule has 2 nitrogen and oxygen atoms in total. The fraction of sp³-hybridized carbons (Fsp3) is 0.211. The lowest BCUT2D eigenvalue weighted by Crippen LogP contribution is -2.18. The van der Waals surface area contributed by atoms with Crippen LogP contribution in [-0.4, -0.2) is 12.3 Å². The zero-order chi connectivity index (χ0) is 17.4. The van der Waals surface area contributed by atoms with Gasteiger partial charge in [-0.2, -0.15) is 0 Å². The fourth-order valence-corrected chi connectivity index (χ4v) is 4.66. The molecule has 0 spiro atoms. The van der Waals surface area contributed by atoms with Crippen molar-refractivity contribution in [3.8, 4) is 11.1 Å². The Hall–Kier alpha value is -1.42. The molecule has 2 aromatic carbocycles. The van der Waals surface area contributed by atoms with Crippen LogP contribution in [0.1, 0.15) is 19.4 Å². The molecule has 0 aliphatic carbocycles. The summed E-state index contributed by atoms with van der Waals surface area (Å²) in [6.45, 7) is 6.51. The van der Waals surface area contributed by atoms with Gasteiger partial charge in [0.2, 0.25) is 0 Å². The van der Waals surface area contributed by atoms with Crippen molar-refractivity contribution >= 4 is 46.4 Å². The van der Waals surface area contributed by atoms with E-state index >= 15 is 0 Å². The number of carbonyl (C=O) groups is 1. The second-order valence-corrected chi connectivity index (χ2v) is 7.57. The Morgan fingerprint density at radius 2 is 2.00 bits per heavy atom. The standard InChI is InChI=1S/C19H17Cl2NOS/c1-4-22-17(9-12(3)23)24-16-8-5-11(2)18(19(16)22)14-7-6-13(20)10-15(14)21/h5-10H,4H2,1-3H3/b17-9-. The van der Waals surface area contributed by atoms with Crippen LogP contribution in [0.3, 0.4) is 0 Å². The summed E-state index contributed by atoms with van der Waals surface area (Å²) < 4.78 is 0. The predicted molar refractivity (Wildman–Crippen MR) is 104 cm³/mol. The van der Waals surface area contributed by atoms with Crippen LogP contribution in [-0.2, 0) is 4.79 Å². The number of anilines is 1. The molecule has 0 atom stereocenters. The van der Waals surface area contributed by atoms with Crippen molar-refractivity contribution in [3.05, 3.63) is 57.0 Å². The smallest absolute Gasteiger partial charge is 0.155 e. The molecule has 5 heteroatoms. The van der Waals surface area contributed by atoms with Crippen LogP contribution in [0.4, 0.5) is 5.69 Å². The van der Waals surface area contributed by atoms with Crippen molar-refractivity contribution < 1.29 is 4.79 Å². The van der Waals surface area contributed by atoms with Crippen LogP contribution in [0.15, 0.2) is 46.3 Å². The van der Waals surface area contributed by atoms with Gasteiger partial charge in [0.15, 0.2) is 5.78 Å². The predicted octanol–water partition coefficient (Wildman–Crippen LogP) is 6.33. The second kappa shape index (κ2) is 6.83. The van der Waals surface area contributed by atoms with Gasteiger partial charge in [-0.15, -0.1) is 0 Å². The zero-order valence-corrected chi connectivity index (χ0v) is 16.0. The van der Waals surface area contributed by atoms with E-state index in [1.54, 1.807) is 30.8 Å². The van der Waals surface area contributed by atoms with E-state index in [2.05, 4.69) is 30.9 Å². The van der Waals surface area contributed by atoms with Gasteiger partial charge in [-0.3, -0.25) is 4.79 Å². The third-order valence-corrected chi connectivity index (χ3v) is 5.59. The van der Waals surface area contributed by atoms with Crippen molar-refractivity contribution in [3.63, 3.8) is 0 Å². The molecule has 0 saturated carbocycles. The topological polar surface area (TPSA) is 20.3 Å². The summed E-state index contributed by atoms with van der Waals surface area (Å²) in [7, 11) is 0. The molecular weight excluding hydrogens is 361 g/mol. The number of aryl methyl sites for hydroxylation is 1. The van der Waals surface area contributed by atoms with E-state index in [0.29, 0.717) is 10.0 Å². The number of rotatable bonds is 3. The number of nitrogens with zero attached hydrogens (tertiary/aromatic N) is 1. The van der Waals surface area contributed by atoms with Crippen molar-refractivity contribution in [2.45, 2.75) is 25.7 Å². The lowest BCUT2D eigenvalue weighted by molar-refractivity contribution is -0.112. The summed E-state index contributed by atoms with van der Waals surface area (Å²) in [5.74, 6) is 0.0477. The molecule has 0 radical (unpaired) electrons. The number of fused-ring (bicyclic) bond motifs is 1. The monoisotopic (exact) mass is 377 g/mol. The molecule has 3 rings (SSSR count). The Morgan fingerprint density at radius 3 is 2.62 bits per heavy atom. The summed E-state index contributed by atoms with van der Waals surface area (Å²) in [4.78, 5) is 14.9. The average Bonchev–Trinajstić information content (AvgIpc) is 2.85. The number of halogens is 2. The number of thioether (sulfide) groups is 1. The van der Waals surface area contributed by atoms with Crippen molar-refractivity contribution in [2.75, 3.05) is 11.4 Å². The van der Waals surface area contributed by atoms with Crippen LogP contribution in [0, 0.1) is 6.92 Å². The van der Waals surface area contributed by atoms with Gasteiger partial charge in [-0.25, -0.2) is 0 Å². The summed E-state index contributed by atoms with van der Waals surface area (Å²) in [5.41, 5.74) is 4.30. The van der Waals surface area contributed by atoms with Crippen LogP contribution in [0.5, 0.6) is 0 Å². The lowest BCUT2D eigenvalue weighted by atomic mass is 9.97. The van der Waals surface area contributed by atoms with Gasteiger partial charge in [0, 0.05) is 38.7 Å². The molecule has 1 aliphatic rings. The minimum atomic E-state index is 0.0477. The highest BCUT2D eigenvalue weighted by atomic mass is 35.5. The summed E-state index contributed by atoms with van der Waals surface area (Å²) >= 11 is 14.1. The molecule has 0 unspecified atom stereocenters. The highest BCUT2D eigenvalue weighted by molar-refractivity contribution is 8.03. The summed E-state index contributed by atoms with van der Waals surface area (Å²) in [6, 6.07) is 9.77. The minimum absolute atomic E-state index is 0.0477. The van der Waals surface area contributed by atoms with Gasteiger partial charge >= 0.3 is 0 Å². The first kappa shape index (κ1) is 17.4. The molecule has 0 amide bonds. The van der Waals surface area contributed by atoms with E-state index in [-0.39, 0.29) is 5.78 Å². The Kier molecular flexibility index (Phi) is 4.95. The summed E-state index contributed by atoms with van der Waals surface area (Å²) in [5, 5.41) is 2.20. The SMILES string of the molecule is CCN1/C(=C/C(C)=O)Sc2ccc(C)c(-c3ccc(Cl)cc3Cl)c21. The summed E-state index contributed by atoms with van der Waals surface area (Å²) in [6.07, 6.45) is 1.69.